The first-order valence-corrected chi connectivity index (χ1v) is 11.6. The number of benzene rings is 3. The molecule has 0 heterocycles. The fraction of sp³-hybridized carbons (Fsp3) is 0.192. The van der Waals surface area contributed by atoms with Crippen LogP contribution in [0.3, 0.4) is 0 Å². The van der Waals surface area contributed by atoms with Crippen LogP contribution in [0.15, 0.2) is 71.2 Å². The molecule has 3 aromatic carbocycles. The van der Waals surface area contributed by atoms with Crippen LogP contribution in [0.25, 0.3) is 11.1 Å². The number of fused-ring (bicyclic) bond motifs is 3. The number of aliphatic carboxylic acids is 1. The van der Waals surface area contributed by atoms with Gasteiger partial charge in [-0.15, -0.1) is 0 Å². The van der Waals surface area contributed by atoms with E-state index < -0.39 is 24.0 Å². The second-order valence-corrected chi connectivity index (χ2v) is 8.87. The number of amides is 2. The molecule has 7 nitrogen and oxygen atoms in total. The topological polar surface area (TPSA) is 105 Å². The fourth-order valence-electron chi connectivity index (χ4n) is 4.13. The second-order valence-electron chi connectivity index (χ2n) is 7.95. The molecule has 0 aromatic heterocycles. The quantitative estimate of drug-likeness (QED) is 0.385. The number of rotatable bonds is 7. The van der Waals surface area contributed by atoms with Crippen molar-refractivity contribution >= 4 is 39.6 Å². The summed E-state index contributed by atoms with van der Waals surface area (Å²) in [6, 6.07) is 19.8. The lowest BCUT2D eigenvalue weighted by molar-refractivity contribution is -0.139. The molecular formula is C26H23BrN2O5. The lowest BCUT2D eigenvalue weighted by Crippen LogP contribution is -2.40. The SMILES string of the molecule is CC[C@H](NC(=O)c1cc(Br)cc(NC(=O)OCC2c3ccccc3-c3ccccc32)c1)C(=O)O. The summed E-state index contributed by atoms with van der Waals surface area (Å²) in [5.74, 6) is -1.72. The van der Waals surface area contributed by atoms with E-state index in [1.807, 2.05) is 36.4 Å². The van der Waals surface area contributed by atoms with Gasteiger partial charge in [-0.2, -0.15) is 0 Å². The molecule has 0 unspecified atom stereocenters. The Kier molecular flexibility index (Phi) is 6.98. The number of halogens is 1. The third kappa shape index (κ3) is 4.97. The van der Waals surface area contributed by atoms with Gasteiger partial charge in [0.1, 0.15) is 12.6 Å². The highest BCUT2D eigenvalue weighted by molar-refractivity contribution is 9.10. The van der Waals surface area contributed by atoms with Crippen molar-refractivity contribution in [3.05, 3.63) is 87.9 Å². The van der Waals surface area contributed by atoms with Crippen LogP contribution in [-0.2, 0) is 9.53 Å². The highest BCUT2D eigenvalue weighted by atomic mass is 79.9. The van der Waals surface area contributed by atoms with E-state index in [4.69, 9.17) is 4.74 Å². The van der Waals surface area contributed by atoms with Gasteiger partial charge in [0.2, 0.25) is 0 Å². The van der Waals surface area contributed by atoms with Crippen molar-refractivity contribution in [3.63, 3.8) is 0 Å². The molecule has 8 heteroatoms. The van der Waals surface area contributed by atoms with E-state index in [-0.39, 0.29) is 24.5 Å². The highest BCUT2D eigenvalue weighted by Gasteiger charge is 2.29. The van der Waals surface area contributed by atoms with Gasteiger partial charge in [-0.05, 0) is 46.9 Å². The second kappa shape index (κ2) is 10.1. The minimum atomic E-state index is -1.11. The lowest BCUT2D eigenvalue weighted by Gasteiger charge is -2.15. The Morgan fingerprint density at radius 3 is 2.21 bits per heavy atom. The van der Waals surface area contributed by atoms with Crippen LogP contribution in [0.5, 0.6) is 0 Å². The Bertz CT molecular complexity index is 1210. The molecule has 0 fully saturated rings. The molecular weight excluding hydrogens is 500 g/mol. The summed E-state index contributed by atoms with van der Waals surface area (Å²) in [4.78, 5) is 36.3. The van der Waals surface area contributed by atoms with E-state index in [1.54, 1.807) is 19.1 Å². The van der Waals surface area contributed by atoms with Crippen LogP contribution >= 0.6 is 15.9 Å². The zero-order chi connectivity index (χ0) is 24.2. The maximum Gasteiger partial charge on any atom is 0.411 e. The van der Waals surface area contributed by atoms with Crippen LogP contribution in [0.2, 0.25) is 0 Å². The van der Waals surface area contributed by atoms with Crippen LogP contribution in [0.1, 0.15) is 40.7 Å². The van der Waals surface area contributed by atoms with Gasteiger partial charge in [0.25, 0.3) is 5.91 Å². The predicted molar refractivity (Wildman–Crippen MR) is 132 cm³/mol. The van der Waals surface area contributed by atoms with E-state index in [2.05, 4.69) is 38.7 Å². The van der Waals surface area contributed by atoms with Crippen LogP contribution in [0, 0.1) is 0 Å². The average molecular weight is 523 g/mol. The number of carboxylic acid groups (broad SMARTS) is 1. The van der Waals surface area contributed by atoms with Crippen molar-refractivity contribution in [1.29, 1.82) is 0 Å². The van der Waals surface area contributed by atoms with Crippen molar-refractivity contribution in [3.8, 4) is 11.1 Å². The normalized spacial score (nSPS) is 12.9. The zero-order valence-corrected chi connectivity index (χ0v) is 20.0. The van der Waals surface area contributed by atoms with Gasteiger partial charge < -0.3 is 15.2 Å². The van der Waals surface area contributed by atoms with Gasteiger partial charge in [0, 0.05) is 21.6 Å². The molecule has 0 aliphatic heterocycles. The van der Waals surface area contributed by atoms with E-state index in [9.17, 15) is 19.5 Å². The Morgan fingerprint density at radius 2 is 1.62 bits per heavy atom. The third-order valence-corrected chi connectivity index (χ3v) is 6.22. The van der Waals surface area contributed by atoms with E-state index in [0.717, 1.165) is 22.3 Å². The summed E-state index contributed by atoms with van der Waals surface area (Å²) in [6.45, 7) is 1.84. The molecule has 1 aliphatic rings. The predicted octanol–water partition coefficient (Wildman–Crippen LogP) is 5.40. The Balaban J connectivity index is 1.44. The monoisotopic (exact) mass is 522 g/mol. The Hall–Kier alpha value is -3.65. The van der Waals surface area contributed by atoms with Gasteiger partial charge in [-0.3, -0.25) is 10.1 Å². The average Bonchev–Trinajstić information content (AvgIpc) is 3.14. The summed E-state index contributed by atoms with van der Waals surface area (Å²) in [6.07, 6.45) is -0.400. The Labute approximate surface area is 205 Å². The summed E-state index contributed by atoms with van der Waals surface area (Å²) >= 11 is 3.32. The van der Waals surface area contributed by atoms with Crippen molar-refractivity contribution < 1.29 is 24.2 Å². The zero-order valence-electron chi connectivity index (χ0n) is 18.4. The molecule has 3 N–H and O–H groups in total. The minimum absolute atomic E-state index is 0.0657. The van der Waals surface area contributed by atoms with Crippen molar-refractivity contribution in [2.24, 2.45) is 0 Å². The summed E-state index contributed by atoms with van der Waals surface area (Å²) < 4.78 is 6.11. The molecule has 174 valence electrons. The first-order chi connectivity index (χ1) is 16.4. The number of hydrogen-bond acceptors (Lipinski definition) is 4. The van der Waals surface area contributed by atoms with Crippen LogP contribution in [-0.4, -0.2) is 35.7 Å². The number of hydrogen-bond donors (Lipinski definition) is 3. The number of carboxylic acids is 1. The van der Waals surface area contributed by atoms with Gasteiger partial charge in [-0.25, -0.2) is 9.59 Å². The van der Waals surface area contributed by atoms with Crippen molar-refractivity contribution in [1.82, 2.24) is 5.32 Å². The van der Waals surface area contributed by atoms with Gasteiger partial charge in [-0.1, -0.05) is 71.4 Å². The molecule has 34 heavy (non-hydrogen) atoms. The van der Waals surface area contributed by atoms with Gasteiger partial charge in [0.05, 0.1) is 0 Å². The van der Waals surface area contributed by atoms with Crippen LogP contribution < -0.4 is 10.6 Å². The first-order valence-electron chi connectivity index (χ1n) is 10.8. The van der Waals surface area contributed by atoms with E-state index in [0.29, 0.717) is 10.2 Å². The molecule has 0 spiro atoms. The smallest absolute Gasteiger partial charge is 0.411 e. The number of carbonyl (C=O) groups excluding carboxylic acids is 2. The fourth-order valence-corrected chi connectivity index (χ4v) is 4.62. The number of ether oxygens (including phenoxy) is 1. The molecule has 1 atom stereocenters. The lowest BCUT2D eigenvalue weighted by atomic mass is 9.98. The largest absolute Gasteiger partial charge is 0.480 e. The van der Waals surface area contributed by atoms with Crippen LogP contribution in [0.4, 0.5) is 10.5 Å². The highest BCUT2D eigenvalue weighted by Crippen LogP contribution is 2.44. The maximum atomic E-state index is 12.6. The summed E-state index contributed by atoms with van der Waals surface area (Å²) in [5, 5.41) is 14.3. The van der Waals surface area contributed by atoms with Crippen molar-refractivity contribution in [2.45, 2.75) is 25.3 Å². The molecule has 4 rings (SSSR count). The number of anilines is 1. The van der Waals surface area contributed by atoms with Gasteiger partial charge >= 0.3 is 12.1 Å². The molecule has 0 saturated heterocycles. The number of carbonyl (C=O) groups is 3. The third-order valence-electron chi connectivity index (χ3n) is 5.76. The van der Waals surface area contributed by atoms with Gasteiger partial charge in [0.15, 0.2) is 0 Å². The molecule has 0 saturated carbocycles. The first kappa shape index (κ1) is 23.5. The van der Waals surface area contributed by atoms with Crippen molar-refractivity contribution in [2.75, 3.05) is 11.9 Å². The molecule has 1 aliphatic carbocycles. The molecule has 2 amide bonds. The Morgan fingerprint density at radius 1 is 1.00 bits per heavy atom. The molecule has 0 bridgehead atoms. The molecule has 0 radical (unpaired) electrons. The summed E-state index contributed by atoms with van der Waals surface area (Å²) in [7, 11) is 0. The maximum absolute atomic E-state index is 12.6. The molecule has 3 aromatic rings. The summed E-state index contributed by atoms with van der Waals surface area (Å²) in [5.41, 5.74) is 5.06. The van der Waals surface area contributed by atoms with E-state index in [1.165, 1.54) is 6.07 Å². The number of nitrogens with one attached hydrogen (secondary N) is 2. The standard InChI is InChI=1S/C26H23BrN2O5/c1-2-23(25(31)32)29-24(30)15-11-16(27)13-17(12-15)28-26(33)34-14-22-20-9-5-3-7-18(20)19-8-4-6-10-21(19)22/h3-13,22-23H,2,14H2,1H3,(H,28,33)(H,29,30)(H,31,32)/t23-/m0/s1. The van der Waals surface area contributed by atoms with E-state index >= 15 is 0 Å². The minimum Gasteiger partial charge on any atom is -0.480 e.